The maximum Gasteiger partial charge on any atom is 0.0830 e. The van der Waals surface area contributed by atoms with Gasteiger partial charge in [-0.2, -0.15) is 0 Å². The highest BCUT2D eigenvalue weighted by Crippen LogP contribution is 2.19. The lowest BCUT2D eigenvalue weighted by molar-refractivity contribution is -0.0478. The monoisotopic (exact) mass is 296 g/mol. The van der Waals surface area contributed by atoms with Gasteiger partial charge in [-0.05, 0) is 39.9 Å². The number of piperidine rings is 1. The predicted molar refractivity (Wildman–Crippen MR) is 85.7 cm³/mol. The number of piperazine rings is 1. The fraction of sp³-hybridized carbons (Fsp3) is 1.00. The Kier molecular flexibility index (Phi) is 5.51. The van der Waals surface area contributed by atoms with Crippen LogP contribution in [0, 0.1) is 0 Å². The lowest BCUT2D eigenvalue weighted by atomic mass is 10.0. The van der Waals surface area contributed by atoms with Gasteiger partial charge < -0.3 is 19.9 Å². The third kappa shape index (κ3) is 4.39. The highest BCUT2D eigenvalue weighted by molar-refractivity contribution is 4.84. The van der Waals surface area contributed by atoms with Gasteiger partial charge in [0.25, 0.3) is 0 Å². The number of hydrogen-bond acceptors (Lipinski definition) is 5. The molecule has 21 heavy (non-hydrogen) atoms. The van der Waals surface area contributed by atoms with E-state index in [1.165, 1.54) is 52.1 Å². The van der Waals surface area contributed by atoms with Crippen LogP contribution in [0.5, 0.6) is 0 Å². The Morgan fingerprint density at radius 2 is 1.71 bits per heavy atom. The van der Waals surface area contributed by atoms with E-state index < -0.39 is 0 Å². The first kappa shape index (κ1) is 15.7. The van der Waals surface area contributed by atoms with Crippen molar-refractivity contribution in [2.75, 3.05) is 66.0 Å². The van der Waals surface area contributed by atoms with Crippen LogP contribution in [0.3, 0.4) is 0 Å². The Morgan fingerprint density at radius 1 is 1.00 bits per heavy atom. The van der Waals surface area contributed by atoms with Crippen molar-refractivity contribution in [2.24, 2.45) is 0 Å². The molecule has 3 aliphatic heterocycles. The molecule has 122 valence electrons. The van der Waals surface area contributed by atoms with Gasteiger partial charge >= 0.3 is 0 Å². The van der Waals surface area contributed by atoms with Crippen LogP contribution in [0.1, 0.15) is 19.8 Å². The molecular weight excluding hydrogens is 264 g/mol. The van der Waals surface area contributed by atoms with E-state index in [2.05, 4.69) is 34.0 Å². The van der Waals surface area contributed by atoms with Crippen LogP contribution < -0.4 is 5.32 Å². The molecule has 3 aliphatic rings. The van der Waals surface area contributed by atoms with Gasteiger partial charge in [-0.15, -0.1) is 0 Å². The molecule has 0 unspecified atom stereocenters. The third-order valence-corrected chi connectivity index (χ3v) is 5.30. The summed E-state index contributed by atoms with van der Waals surface area (Å²) in [5.41, 5.74) is 0. The number of hydrogen-bond donors (Lipinski definition) is 1. The van der Waals surface area contributed by atoms with Gasteiger partial charge in [-0.3, -0.25) is 4.90 Å². The van der Waals surface area contributed by atoms with Crippen LogP contribution >= 0.6 is 0 Å². The van der Waals surface area contributed by atoms with E-state index in [0.29, 0.717) is 12.2 Å². The molecule has 5 nitrogen and oxygen atoms in total. The molecule has 3 fully saturated rings. The summed E-state index contributed by atoms with van der Waals surface area (Å²) in [7, 11) is 2.24. The first-order valence-electron chi connectivity index (χ1n) is 8.72. The molecule has 5 heteroatoms. The number of ether oxygens (including phenoxy) is 1. The molecule has 0 amide bonds. The second-order valence-corrected chi connectivity index (χ2v) is 7.10. The van der Waals surface area contributed by atoms with Crippen LogP contribution in [0.25, 0.3) is 0 Å². The van der Waals surface area contributed by atoms with Crippen LogP contribution in [-0.4, -0.2) is 98.9 Å². The first-order chi connectivity index (χ1) is 10.2. The molecule has 0 aliphatic carbocycles. The summed E-state index contributed by atoms with van der Waals surface area (Å²) in [6, 6.07) is 0.819. The van der Waals surface area contributed by atoms with Crippen molar-refractivity contribution in [3.05, 3.63) is 0 Å². The Balaban J connectivity index is 1.38. The minimum atomic E-state index is 0.367. The predicted octanol–water partition coefficient (Wildman–Crippen LogP) is 0.0751. The molecule has 0 saturated carbocycles. The summed E-state index contributed by atoms with van der Waals surface area (Å²) in [5.74, 6) is 0. The SMILES string of the molecule is C[C@@H]1CNC[C@@H](CN2CCC(N3CCN(C)CC3)CC2)O1. The van der Waals surface area contributed by atoms with Gasteiger partial charge in [0.2, 0.25) is 0 Å². The second kappa shape index (κ2) is 7.38. The third-order valence-electron chi connectivity index (χ3n) is 5.30. The number of morpholine rings is 1. The normalized spacial score (nSPS) is 35.1. The van der Waals surface area contributed by atoms with E-state index in [1.54, 1.807) is 0 Å². The van der Waals surface area contributed by atoms with Gasteiger partial charge in [-0.1, -0.05) is 0 Å². The van der Waals surface area contributed by atoms with Gasteiger partial charge in [0.05, 0.1) is 12.2 Å². The number of likely N-dealkylation sites (N-methyl/N-ethyl adjacent to an activating group) is 1. The van der Waals surface area contributed by atoms with E-state index in [0.717, 1.165) is 25.7 Å². The molecule has 0 aromatic rings. The van der Waals surface area contributed by atoms with Gasteiger partial charge in [0.15, 0.2) is 0 Å². The fourth-order valence-electron chi connectivity index (χ4n) is 3.92. The van der Waals surface area contributed by atoms with Crippen molar-refractivity contribution in [3.63, 3.8) is 0 Å². The maximum atomic E-state index is 6.02. The van der Waals surface area contributed by atoms with E-state index >= 15 is 0 Å². The van der Waals surface area contributed by atoms with Gasteiger partial charge in [0, 0.05) is 51.9 Å². The fourth-order valence-corrected chi connectivity index (χ4v) is 3.92. The number of rotatable bonds is 3. The van der Waals surface area contributed by atoms with Gasteiger partial charge in [-0.25, -0.2) is 0 Å². The van der Waals surface area contributed by atoms with Crippen molar-refractivity contribution < 1.29 is 4.74 Å². The number of nitrogens with one attached hydrogen (secondary N) is 1. The first-order valence-corrected chi connectivity index (χ1v) is 8.72. The molecule has 3 heterocycles. The highest BCUT2D eigenvalue weighted by Gasteiger charge is 2.28. The number of nitrogens with zero attached hydrogens (tertiary/aromatic N) is 3. The zero-order chi connectivity index (χ0) is 14.7. The van der Waals surface area contributed by atoms with E-state index in [4.69, 9.17) is 4.74 Å². The van der Waals surface area contributed by atoms with Crippen molar-refractivity contribution in [1.82, 2.24) is 20.0 Å². The highest BCUT2D eigenvalue weighted by atomic mass is 16.5. The Bertz CT molecular complexity index is 311. The minimum absolute atomic E-state index is 0.367. The van der Waals surface area contributed by atoms with E-state index in [-0.39, 0.29) is 0 Å². The molecule has 3 rings (SSSR count). The summed E-state index contributed by atoms with van der Waals surface area (Å²) in [5, 5.41) is 3.47. The maximum absolute atomic E-state index is 6.02. The molecule has 3 saturated heterocycles. The summed E-state index contributed by atoms with van der Waals surface area (Å²) in [6.07, 6.45) is 3.42. The number of likely N-dealkylation sites (tertiary alicyclic amines) is 1. The summed E-state index contributed by atoms with van der Waals surface area (Å²) < 4.78 is 6.02. The summed E-state index contributed by atoms with van der Waals surface area (Å²) in [4.78, 5) is 7.77. The summed E-state index contributed by atoms with van der Waals surface area (Å²) >= 11 is 0. The lowest BCUT2D eigenvalue weighted by Crippen LogP contribution is -2.54. The molecule has 0 radical (unpaired) electrons. The van der Waals surface area contributed by atoms with Crippen molar-refractivity contribution in [1.29, 1.82) is 0 Å². The molecule has 2 atom stereocenters. The molecule has 0 spiro atoms. The van der Waals surface area contributed by atoms with Crippen LogP contribution in [-0.2, 0) is 4.74 Å². The lowest BCUT2D eigenvalue weighted by Gasteiger charge is -2.43. The molecule has 1 N–H and O–H groups in total. The molecule has 0 aromatic carbocycles. The van der Waals surface area contributed by atoms with Crippen molar-refractivity contribution in [2.45, 2.75) is 38.0 Å². The zero-order valence-corrected chi connectivity index (χ0v) is 13.8. The largest absolute Gasteiger partial charge is 0.371 e. The zero-order valence-electron chi connectivity index (χ0n) is 13.8. The Labute approximate surface area is 129 Å². The smallest absolute Gasteiger partial charge is 0.0830 e. The van der Waals surface area contributed by atoms with Crippen LogP contribution in [0.2, 0.25) is 0 Å². The minimum Gasteiger partial charge on any atom is -0.371 e. The standard InChI is InChI=1S/C16H32N4O/c1-14-11-17-12-16(21-14)13-19-5-3-15(4-6-19)20-9-7-18(2)8-10-20/h14-17H,3-13H2,1-2H3/t14-,16+/m1/s1. The van der Waals surface area contributed by atoms with Crippen molar-refractivity contribution >= 4 is 0 Å². The Morgan fingerprint density at radius 3 is 2.38 bits per heavy atom. The van der Waals surface area contributed by atoms with E-state index in [1.807, 2.05) is 0 Å². The molecule has 0 bridgehead atoms. The average molecular weight is 296 g/mol. The quantitative estimate of drug-likeness (QED) is 0.797. The van der Waals surface area contributed by atoms with Crippen molar-refractivity contribution in [3.8, 4) is 0 Å². The molecular formula is C16H32N4O. The Hall–Kier alpha value is -0.200. The van der Waals surface area contributed by atoms with Gasteiger partial charge in [0.1, 0.15) is 0 Å². The average Bonchev–Trinajstić information content (AvgIpc) is 2.49. The molecule has 0 aromatic heterocycles. The topological polar surface area (TPSA) is 31.0 Å². The van der Waals surface area contributed by atoms with Crippen LogP contribution in [0.4, 0.5) is 0 Å². The summed E-state index contributed by atoms with van der Waals surface area (Å²) in [6.45, 7) is 12.8. The second-order valence-electron chi connectivity index (χ2n) is 7.10. The van der Waals surface area contributed by atoms with E-state index in [9.17, 15) is 0 Å². The van der Waals surface area contributed by atoms with Crippen LogP contribution in [0.15, 0.2) is 0 Å².